The number of rotatable bonds is 5. The maximum Gasteiger partial charge on any atom is 0.573 e. The fourth-order valence-electron chi connectivity index (χ4n) is 5.01. The van der Waals surface area contributed by atoms with Gasteiger partial charge in [-0.2, -0.15) is 26.3 Å². The number of benzene rings is 3. The molecule has 0 saturated carbocycles. The summed E-state index contributed by atoms with van der Waals surface area (Å²) < 4.78 is 127. The average molecular weight is 696 g/mol. The van der Waals surface area contributed by atoms with Gasteiger partial charge in [0.25, 0.3) is 11.8 Å². The molecular formula is C29H19ClF9N3O5. The van der Waals surface area contributed by atoms with E-state index in [9.17, 15) is 53.9 Å². The van der Waals surface area contributed by atoms with Crippen molar-refractivity contribution in [3.8, 4) is 22.6 Å². The monoisotopic (exact) mass is 695 g/mol. The van der Waals surface area contributed by atoms with Crippen molar-refractivity contribution in [2.24, 2.45) is 0 Å². The predicted molar refractivity (Wildman–Crippen MR) is 146 cm³/mol. The summed E-state index contributed by atoms with van der Waals surface area (Å²) in [6, 6.07) is 6.01. The van der Waals surface area contributed by atoms with Crippen LogP contribution >= 0.6 is 11.6 Å². The lowest BCUT2D eigenvalue weighted by molar-refractivity contribution is -0.274. The minimum absolute atomic E-state index is 0.0213. The van der Waals surface area contributed by atoms with Gasteiger partial charge in [0, 0.05) is 19.2 Å². The number of halogens is 10. The molecule has 5 rings (SSSR count). The Morgan fingerprint density at radius 2 is 1.51 bits per heavy atom. The molecule has 0 spiro atoms. The van der Waals surface area contributed by atoms with E-state index >= 15 is 0 Å². The largest absolute Gasteiger partial charge is 0.573 e. The Balaban J connectivity index is 1.32. The van der Waals surface area contributed by atoms with Gasteiger partial charge in [0.05, 0.1) is 33.9 Å². The van der Waals surface area contributed by atoms with Crippen LogP contribution in [0.1, 0.15) is 21.5 Å². The quantitative estimate of drug-likeness (QED) is 0.303. The molecule has 1 saturated heterocycles. The third kappa shape index (κ3) is 7.50. The second-order valence-electron chi connectivity index (χ2n) is 10.3. The number of carbonyl (C=O) groups is 3. The number of nitrogens with zero attached hydrogens (tertiary/aromatic N) is 2. The molecule has 1 N–H and O–H groups in total. The number of ether oxygens (including phenoxy) is 2. The zero-order chi connectivity index (χ0) is 34.5. The number of hydrogen-bond acceptors (Lipinski definition) is 5. The topological polar surface area (TPSA) is 88.2 Å². The van der Waals surface area contributed by atoms with Crippen LogP contribution in [-0.4, -0.2) is 66.2 Å². The van der Waals surface area contributed by atoms with Gasteiger partial charge in [-0.1, -0.05) is 17.7 Å². The van der Waals surface area contributed by atoms with E-state index in [1.54, 1.807) is 0 Å². The van der Waals surface area contributed by atoms with E-state index in [-0.39, 0.29) is 53.3 Å². The fraction of sp³-hybridized carbons (Fsp3) is 0.276. The molecule has 0 radical (unpaired) electrons. The zero-order valence-electron chi connectivity index (χ0n) is 23.3. The fourth-order valence-corrected chi connectivity index (χ4v) is 5.23. The molecule has 0 aliphatic carbocycles. The summed E-state index contributed by atoms with van der Waals surface area (Å²) in [6.07, 6.45) is -15.1. The van der Waals surface area contributed by atoms with Crippen molar-refractivity contribution < 1.29 is 63.4 Å². The van der Waals surface area contributed by atoms with Gasteiger partial charge in [0.15, 0.2) is 6.61 Å². The second kappa shape index (κ2) is 12.2. The van der Waals surface area contributed by atoms with Gasteiger partial charge in [-0.05, 0) is 53.6 Å². The lowest BCUT2D eigenvalue weighted by Gasteiger charge is -2.39. The summed E-state index contributed by atoms with van der Waals surface area (Å²) in [6.45, 7) is -1.23. The summed E-state index contributed by atoms with van der Waals surface area (Å²) in [7, 11) is 0. The molecule has 8 nitrogen and oxygen atoms in total. The van der Waals surface area contributed by atoms with Crippen LogP contribution < -0.4 is 14.8 Å². The van der Waals surface area contributed by atoms with E-state index < -0.39 is 71.5 Å². The van der Waals surface area contributed by atoms with E-state index in [1.807, 2.05) is 0 Å². The molecule has 2 aliphatic rings. The number of hydrogen-bond donors (Lipinski definition) is 1. The first-order chi connectivity index (χ1) is 21.8. The van der Waals surface area contributed by atoms with E-state index in [0.29, 0.717) is 12.1 Å². The first kappa shape index (κ1) is 33.7. The van der Waals surface area contributed by atoms with Crippen LogP contribution in [0.5, 0.6) is 11.5 Å². The van der Waals surface area contributed by atoms with Gasteiger partial charge in [0.1, 0.15) is 17.5 Å². The molecule has 18 heteroatoms. The van der Waals surface area contributed by atoms with Crippen molar-refractivity contribution in [3.05, 3.63) is 76.3 Å². The average Bonchev–Trinajstić information content (AvgIpc) is 3.07. The third-order valence-electron chi connectivity index (χ3n) is 7.21. The van der Waals surface area contributed by atoms with Crippen molar-refractivity contribution in [1.82, 2.24) is 9.80 Å². The van der Waals surface area contributed by atoms with Crippen LogP contribution in [0.25, 0.3) is 11.1 Å². The minimum Gasteiger partial charge on any atom is -0.482 e. The Morgan fingerprint density at radius 3 is 2.11 bits per heavy atom. The van der Waals surface area contributed by atoms with Crippen LogP contribution in [-0.2, 0) is 21.9 Å². The second-order valence-corrected chi connectivity index (χ2v) is 10.7. The van der Waals surface area contributed by atoms with Gasteiger partial charge >= 0.3 is 18.7 Å². The number of piperazine rings is 1. The minimum atomic E-state index is -5.09. The number of fused-ring (bicyclic) bond motifs is 2. The maximum absolute atomic E-state index is 13.5. The predicted octanol–water partition coefficient (Wildman–Crippen LogP) is 6.63. The number of nitrogens with one attached hydrogen (secondary N) is 1. The summed E-state index contributed by atoms with van der Waals surface area (Å²) in [4.78, 5) is 41.9. The Morgan fingerprint density at radius 1 is 0.851 bits per heavy atom. The van der Waals surface area contributed by atoms with Crippen molar-refractivity contribution in [2.75, 3.05) is 31.6 Å². The normalized spacial score (nSPS) is 17.0. The van der Waals surface area contributed by atoms with Crippen molar-refractivity contribution in [1.29, 1.82) is 0 Å². The van der Waals surface area contributed by atoms with Crippen LogP contribution in [0.15, 0.2) is 54.6 Å². The molecule has 1 fully saturated rings. The van der Waals surface area contributed by atoms with E-state index in [1.165, 1.54) is 11.0 Å². The van der Waals surface area contributed by atoms with Gasteiger partial charge in [-0.3, -0.25) is 14.4 Å². The zero-order valence-corrected chi connectivity index (χ0v) is 24.1. The van der Waals surface area contributed by atoms with Crippen LogP contribution in [0.2, 0.25) is 5.02 Å². The molecule has 3 aromatic carbocycles. The molecule has 2 heterocycles. The lowest BCUT2D eigenvalue weighted by atomic mass is 9.96. The van der Waals surface area contributed by atoms with Gasteiger partial charge in [-0.15, -0.1) is 13.2 Å². The van der Waals surface area contributed by atoms with Crippen molar-refractivity contribution in [3.63, 3.8) is 0 Å². The maximum atomic E-state index is 13.5. The number of anilines is 1. The number of alkyl halides is 9. The highest BCUT2D eigenvalue weighted by molar-refractivity contribution is 6.32. The standard InChI is InChI=1S/C29H19ClF9N3O5/c30-20-11-18(47-29(37,38)39)2-4-23(20)46-13-24(43)41-5-6-42-22(12-41)25(44)40-21-3-1-14(9-19(21)26(42)45)15-7-16(27(31,32)33)10-17(8-15)28(34,35)36/h1-4,7-11,22H,5-6,12-13H2,(H,40,44). The highest BCUT2D eigenvalue weighted by atomic mass is 35.5. The molecule has 0 bridgehead atoms. The molecule has 1 atom stereocenters. The molecule has 3 amide bonds. The van der Waals surface area contributed by atoms with Gasteiger partial charge in [0.2, 0.25) is 5.91 Å². The molecule has 1 unspecified atom stereocenters. The summed E-state index contributed by atoms with van der Waals surface area (Å²) in [5, 5.41) is 2.23. The van der Waals surface area contributed by atoms with Crippen LogP contribution in [0.4, 0.5) is 45.2 Å². The third-order valence-corrected chi connectivity index (χ3v) is 7.51. The molecule has 3 aromatic rings. The van der Waals surface area contributed by atoms with Crippen molar-refractivity contribution in [2.45, 2.75) is 24.8 Å². The van der Waals surface area contributed by atoms with E-state index in [2.05, 4.69) is 10.1 Å². The molecule has 2 aliphatic heterocycles. The van der Waals surface area contributed by atoms with Gasteiger partial charge < -0.3 is 24.6 Å². The Hall–Kier alpha value is -4.67. The summed E-state index contributed by atoms with van der Waals surface area (Å²) in [5.41, 5.74) is -3.94. The highest BCUT2D eigenvalue weighted by Crippen LogP contribution is 2.40. The Labute approximate surface area is 263 Å². The lowest BCUT2D eigenvalue weighted by Crippen LogP contribution is -2.60. The van der Waals surface area contributed by atoms with E-state index in [4.69, 9.17) is 16.3 Å². The molecule has 0 aromatic heterocycles. The van der Waals surface area contributed by atoms with E-state index in [0.717, 1.165) is 35.2 Å². The first-order valence-corrected chi connectivity index (χ1v) is 13.7. The number of amides is 3. The molecule has 47 heavy (non-hydrogen) atoms. The molecular weight excluding hydrogens is 677 g/mol. The summed E-state index contributed by atoms with van der Waals surface area (Å²) in [5.74, 6) is -2.89. The van der Waals surface area contributed by atoms with Crippen molar-refractivity contribution >= 4 is 35.0 Å². The Bertz CT molecular complexity index is 1710. The van der Waals surface area contributed by atoms with Crippen LogP contribution in [0.3, 0.4) is 0 Å². The highest BCUT2D eigenvalue weighted by Gasteiger charge is 2.41. The Kier molecular flexibility index (Phi) is 8.72. The SMILES string of the molecule is O=C1Nc2ccc(-c3cc(C(F)(F)F)cc(C(F)(F)F)c3)cc2C(=O)N2CCN(C(=O)COc3ccc(OC(F)(F)F)cc3Cl)CC12. The van der Waals surface area contributed by atoms with Crippen LogP contribution in [0, 0.1) is 0 Å². The smallest absolute Gasteiger partial charge is 0.482 e. The molecule has 250 valence electrons. The summed E-state index contributed by atoms with van der Waals surface area (Å²) >= 11 is 5.93. The number of carbonyl (C=O) groups excluding carboxylic acids is 3. The first-order valence-electron chi connectivity index (χ1n) is 13.3. The van der Waals surface area contributed by atoms with Gasteiger partial charge in [-0.25, -0.2) is 0 Å².